The second kappa shape index (κ2) is 8.18. The highest BCUT2D eigenvalue weighted by atomic mass is 35.5. The minimum atomic E-state index is -0.111. The van der Waals surface area contributed by atoms with Crippen molar-refractivity contribution in [3.8, 4) is 0 Å². The molecule has 0 atom stereocenters. The third-order valence-corrected chi connectivity index (χ3v) is 5.50. The van der Waals surface area contributed by atoms with Crippen LogP contribution in [0.5, 0.6) is 0 Å². The Bertz CT molecular complexity index is 1060. The van der Waals surface area contributed by atoms with E-state index in [1.54, 1.807) is 29.3 Å². The summed E-state index contributed by atoms with van der Waals surface area (Å²) in [6.07, 6.45) is 2.29. The zero-order valence-electron chi connectivity index (χ0n) is 15.7. The summed E-state index contributed by atoms with van der Waals surface area (Å²) >= 11 is 6.06. The summed E-state index contributed by atoms with van der Waals surface area (Å²) in [5.74, 6) is -0.0655. The van der Waals surface area contributed by atoms with Gasteiger partial charge in [-0.2, -0.15) is 5.10 Å². The van der Waals surface area contributed by atoms with Crippen molar-refractivity contribution in [3.05, 3.63) is 52.8 Å². The number of carbonyl (C=O) groups excluding carboxylic acids is 2. The molecule has 0 spiro atoms. The van der Waals surface area contributed by atoms with E-state index in [9.17, 15) is 14.7 Å². The van der Waals surface area contributed by atoms with E-state index < -0.39 is 0 Å². The Hall–Kier alpha value is -2.97. The first-order chi connectivity index (χ1) is 14.1. The fourth-order valence-electron chi connectivity index (χ4n) is 3.55. The Morgan fingerprint density at radius 2 is 2.00 bits per heavy atom. The van der Waals surface area contributed by atoms with Crippen LogP contribution in [-0.4, -0.2) is 63.1 Å². The Labute approximate surface area is 172 Å². The number of anilines is 1. The molecular weight excluding hydrogens is 394 g/mol. The first-order valence-corrected chi connectivity index (χ1v) is 9.67. The van der Waals surface area contributed by atoms with Crippen LogP contribution >= 0.6 is 11.6 Å². The molecule has 150 valence electrons. The molecular formula is C20H20ClN5O3. The minimum Gasteiger partial charge on any atom is -0.392 e. The van der Waals surface area contributed by atoms with Gasteiger partial charge >= 0.3 is 0 Å². The van der Waals surface area contributed by atoms with Crippen LogP contribution in [0.4, 0.5) is 5.69 Å². The third-order valence-electron chi connectivity index (χ3n) is 5.13. The topological polar surface area (TPSA) is 91.6 Å². The maximum Gasteiger partial charge on any atom is 0.244 e. The molecule has 0 bridgehead atoms. The average Bonchev–Trinajstić information content (AvgIpc) is 3.12. The quantitative estimate of drug-likeness (QED) is 0.640. The number of piperazine rings is 1. The standard InChI is InChI=1S/C20H20ClN5O3/c21-17-4-3-15(10-14(17)12-27)24-6-8-25(9-7-24)19(29)11-26-20-16(2-1-5-22-20)18(13-28)23-26/h1-5,10,13,27H,6-9,11-12H2. The molecule has 29 heavy (non-hydrogen) atoms. The number of aromatic nitrogens is 3. The predicted octanol–water partition coefficient (Wildman–Crippen LogP) is 1.74. The lowest BCUT2D eigenvalue weighted by atomic mass is 10.1. The lowest BCUT2D eigenvalue weighted by molar-refractivity contribution is -0.132. The lowest BCUT2D eigenvalue weighted by Gasteiger charge is -2.36. The molecule has 2 aromatic heterocycles. The molecule has 1 aliphatic rings. The fraction of sp³-hybridized carbons (Fsp3) is 0.300. The van der Waals surface area contributed by atoms with Gasteiger partial charge in [0.2, 0.25) is 5.91 Å². The molecule has 0 saturated carbocycles. The van der Waals surface area contributed by atoms with Crippen LogP contribution < -0.4 is 4.90 Å². The number of hydrogen-bond donors (Lipinski definition) is 1. The number of benzene rings is 1. The van der Waals surface area contributed by atoms with E-state index in [0.717, 1.165) is 5.69 Å². The van der Waals surface area contributed by atoms with Gasteiger partial charge in [-0.25, -0.2) is 9.67 Å². The molecule has 0 radical (unpaired) electrons. The molecule has 8 nitrogen and oxygen atoms in total. The zero-order valence-corrected chi connectivity index (χ0v) is 16.4. The molecule has 0 unspecified atom stereocenters. The monoisotopic (exact) mass is 413 g/mol. The van der Waals surface area contributed by atoms with Gasteiger partial charge in [-0.1, -0.05) is 11.6 Å². The number of amides is 1. The second-order valence-corrected chi connectivity index (χ2v) is 7.24. The number of aliphatic hydroxyl groups is 1. The van der Waals surface area contributed by atoms with Gasteiger partial charge in [-0.05, 0) is 35.9 Å². The lowest BCUT2D eigenvalue weighted by Crippen LogP contribution is -2.49. The summed E-state index contributed by atoms with van der Waals surface area (Å²) in [5, 5.41) is 14.8. The zero-order chi connectivity index (χ0) is 20.4. The van der Waals surface area contributed by atoms with E-state index in [0.29, 0.717) is 54.1 Å². The van der Waals surface area contributed by atoms with Crippen LogP contribution in [0.3, 0.4) is 0 Å². The van der Waals surface area contributed by atoms with Crippen molar-refractivity contribution in [1.29, 1.82) is 0 Å². The maximum absolute atomic E-state index is 12.8. The van der Waals surface area contributed by atoms with Gasteiger partial charge in [0.15, 0.2) is 11.9 Å². The molecule has 1 aliphatic heterocycles. The molecule has 1 amide bonds. The summed E-state index contributed by atoms with van der Waals surface area (Å²) in [5.41, 5.74) is 2.47. The molecule has 1 aromatic carbocycles. The van der Waals surface area contributed by atoms with Crippen LogP contribution in [0.25, 0.3) is 11.0 Å². The van der Waals surface area contributed by atoms with E-state index in [2.05, 4.69) is 15.0 Å². The van der Waals surface area contributed by atoms with Gasteiger partial charge in [-0.15, -0.1) is 0 Å². The van der Waals surface area contributed by atoms with Crippen LogP contribution in [0.1, 0.15) is 16.1 Å². The Morgan fingerprint density at radius 1 is 1.21 bits per heavy atom. The summed E-state index contributed by atoms with van der Waals surface area (Å²) in [6.45, 7) is 2.43. The number of rotatable bonds is 5. The average molecular weight is 414 g/mol. The van der Waals surface area contributed by atoms with E-state index >= 15 is 0 Å². The maximum atomic E-state index is 12.8. The van der Waals surface area contributed by atoms with Crippen molar-refractivity contribution in [2.24, 2.45) is 0 Å². The number of fused-ring (bicyclic) bond motifs is 1. The second-order valence-electron chi connectivity index (χ2n) is 6.84. The SMILES string of the molecule is O=Cc1nn(CC(=O)N2CCN(c3ccc(Cl)c(CO)c3)CC2)c2ncccc12. The molecule has 1 N–H and O–H groups in total. The van der Waals surface area contributed by atoms with Gasteiger partial charge in [0.1, 0.15) is 12.2 Å². The third kappa shape index (κ3) is 3.81. The first kappa shape index (κ1) is 19.4. The molecule has 0 aliphatic carbocycles. The normalized spacial score (nSPS) is 14.4. The van der Waals surface area contributed by atoms with Gasteiger partial charge in [0, 0.05) is 48.5 Å². The first-order valence-electron chi connectivity index (χ1n) is 9.29. The molecule has 3 aromatic rings. The highest BCUT2D eigenvalue weighted by Crippen LogP contribution is 2.24. The number of nitrogens with zero attached hydrogens (tertiary/aromatic N) is 5. The molecule has 3 heterocycles. The Morgan fingerprint density at radius 3 is 2.72 bits per heavy atom. The largest absolute Gasteiger partial charge is 0.392 e. The van der Waals surface area contributed by atoms with Crippen LogP contribution in [0, 0.1) is 0 Å². The van der Waals surface area contributed by atoms with Crippen LogP contribution in [-0.2, 0) is 17.9 Å². The van der Waals surface area contributed by atoms with Crippen LogP contribution in [0.2, 0.25) is 5.02 Å². The van der Waals surface area contributed by atoms with Crippen molar-refractivity contribution in [1.82, 2.24) is 19.7 Å². The Balaban J connectivity index is 1.43. The van der Waals surface area contributed by atoms with Gasteiger partial charge in [0.05, 0.1) is 6.61 Å². The smallest absolute Gasteiger partial charge is 0.244 e. The summed E-state index contributed by atoms with van der Waals surface area (Å²) < 4.78 is 1.49. The highest BCUT2D eigenvalue weighted by molar-refractivity contribution is 6.31. The summed E-state index contributed by atoms with van der Waals surface area (Å²) in [6, 6.07) is 9.08. The number of carbonyl (C=O) groups is 2. The van der Waals surface area contributed by atoms with Crippen molar-refractivity contribution in [2.75, 3.05) is 31.1 Å². The molecule has 1 saturated heterocycles. The van der Waals surface area contributed by atoms with E-state index in [1.165, 1.54) is 4.68 Å². The van der Waals surface area contributed by atoms with Crippen molar-refractivity contribution in [3.63, 3.8) is 0 Å². The molecule has 9 heteroatoms. The summed E-state index contributed by atoms with van der Waals surface area (Å²) in [7, 11) is 0. The van der Waals surface area contributed by atoms with Gasteiger partial charge in [0.25, 0.3) is 0 Å². The Kier molecular flexibility index (Phi) is 5.46. The summed E-state index contributed by atoms with van der Waals surface area (Å²) in [4.78, 5) is 32.2. The van der Waals surface area contributed by atoms with E-state index in [1.807, 2.05) is 12.1 Å². The van der Waals surface area contributed by atoms with Crippen LogP contribution in [0.15, 0.2) is 36.5 Å². The van der Waals surface area contributed by atoms with Gasteiger partial charge < -0.3 is 14.9 Å². The molecule has 1 fully saturated rings. The fourth-order valence-corrected chi connectivity index (χ4v) is 3.73. The van der Waals surface area contributed by atoms with Crippen molar-refractivity contribution >= 4 is 40.5 Å². The highest BCUT2D eigenvalue weighted by Gasteiger charge is 2.23. The van der Waals surface area contributed by atoms with Crippen molar-refractivity contribution in [2.45, 2.75) is 13.2 Å². The number of pyridine rings is 1. The number of hydrogen-bond acceptors (Lipinski definition) is 6. The predicted molar refractivity (Wildman–Crippen MR) is 109 cm³/mol. The van der Waals surface area contributed by atoms with E-state index in [4.69, 9.17) is 11.6 Å². The van der Waals surface area contributed by atoms with Gasteiger partial charge in [-0.3, -0.25) is 9.59 Å². The van der Waals surface area contributed by atoms with E-state index in [-0.39, 0.29) is 24.8 Å². The number of aliphatic hydroxyl groups excluding tert-OH is 1. The number of aldehydes is 1. The number of halogens is 1. The minimum absolute atomic E-state index is 0.0386. The molecule has 4 rings (SSSR count). The van der Waals surface area contributed by atoms with Crippen molar-refractivity contribution < 1.29 is 14.7 Å².